The predicted octanol–water partition coefficient (Wildman–Crippen LogP) is 2.65. The van der Waals surface area contributed by atoms with Gasteiger partial charge in [0.15, 0.2) is 0 Å². The molecular formula is C9H20OSi. The molecule has 11 heavy (non-hydrogen) atoms. The van der Waals surface area contributed by atoms with E-state index in [1.165, 1.54) is 0 Å². The first kappa shape index (κ1) is 10.9. The third-order valence-electron chi connectivity index (χ3n) is 1.99. The van der Waals surface area contributed by atoms with Crippen LogP contribution in [0, 0.1) is 0 Å². The van der Waals surface area contributed by atoms with Crippen molar-refractivity contribution in [3.05, 3.63) is 12.7 Å². The fourth-order valence-electron chi connectivity index (χ4n) is 1.17. The Morgan fingerprint density at radius 2 is 1.91 bits per heavy atom. The molecular weight excluding hydrogens is 152 g/mol. The van der Waals surface area contributed by atoms with Crippen LogP contribution >= 0.6 is 0 Å². The van der Waals surface area contributed by atoms with Crippen LogP contribution in [0.4, 0.5) is 0 Å². The molecule has 0 heterocycles. The highest BCUT2D eigenvalue weighted by molar-refractivity contribution is 6.78. The van der Waals surface area contributed by atoms with Gasteiger partial charge in [-0.3, -0.25) is 0 Å². The Morgan fingerprint density at radius 1 is 1.45 bits per heavy atom. The van der Waals surface area contributed by atoms with Gasteiger partial charge in [0.1, 0.15) is 0 Å². The first-order valence-electron chi connectivity index (χ1n) is 4.18. The first-order valence-corrected chi connectivity index (χ1v) is 7.76. The van der Waals surface area contributed by atoms with Crippen molar-refractivity contribution in [3.63, 3.8) is 0 Å². The predicted molar refractivity (Wildman–Crippen MR) is 53.6 cm³/mol. The van der Waals surface area contributed by atoms with E-state index in [-0.39, 0.29) is 6.10 Å². The van der Waals surface area contributed by atoms with Gasteiger partial charge < -0.3 is 5.11 Å². The molecule has 2 heteroatoms. The lowest BCUT2D eigenvalue weighted by Gasteiger charge is -2.26. The quantitative estimate of drug-likeness (QED) is 0.510. The summed E-state index contributed by atoms with van der Waals surface area (Å²) >= 11 is 0. The molecule has 0 bridgehead atoms. The summed E-state index contributed by atoms with van der Waals surface area (Å²) in [5, 5.41) is 9.19. The Kier molecular flexibility index (Phi) is 4.04. The molecule has 0 radical (unpaired) electrons. The molecule has 1 nitrogen and oxygen atoms in total. The number of allylic oxidation sites excluding steroid dienone is 1. The lowest BCUT2D eigenvalue weighted by Crippen LogP contribution is -2.28. The lowest BCUT2D eigenvalue weighted by molar-refractivity contribution is 0.185. The van der Waals surface area contributed by atoms with Crippen LogP contribution in [0.2, 0.25) is 25.2 Å². The second-order valence-electron chi connectivity index (χ2n) is 4.29. The Morgan fingerprint density at radius 3 is 2.00 bits per heavy atom. The molecule has 0 aromatic rings. The average Bonchev–Trinajstić information content (AvgIpc) is 1.79. The Labute approximate surface area is 71.1 Å². The van der Waals surface area contributed by atoms with Crippen LogP contribution in [0.25, 0.3) is 0 Å². The topological polar surface area (TPSA) is 20.2 Å². The maximum absolute atomic E-state index is 9.19. The maximum Gasteiger partial charge on any atom is 0.0515 e. The minimum absolute atomic E-state index is 0.190. The molecule has 0 aromatic carbocycles. The van der Waals surface area contributed by atoms with E-state index >= 15 is 0 Å². The highest BCUT2D eigenvalue weighted by Gasteiger charge is 2.24. The van der Waals surface area contributed by atoms with Crippen LogP contribution in [0.1, 0.15) is 13.3 Å². The van der Waals surface area contributed by atoms with E-state index < -0.39 is 8.07 Å². The van der Waals surface area contributed by atoms with Gasteiger partial charge in [-0.2, -0.15) is 0 Å². The van der Waals surface area contributed by atoms with E-state index in [1.807, 2.05) is 13.0 Å². The van der Waals surface area contributed by atoms with Gasteiger partial charge in [-0.1, -0.05) is 25.7 Å². The molecule has 0 amide bonds. The fraction of sp³-hybridized carbons (Fsp3) is 0.778. The molecule has 1 N–H and O–H groups in total. The Balaban J connectivity index is 4.07. The van der Waals surface area contributed by atoms with E-state index in [1.54, 1.807) is 0 Å². The van der Waals surface area contributed by atoms with E-state index in [0.29, 0.717) is 5.54 Å². The molecule has 0 saturated carbocycles. The zero-order valence-electron chi connectivity index (χ0n) is 8.09. The summed E-state index contributed by atoms with van der Waals surface area (Å²) in [7, 11) is -1.13. The van der Waals surface area contributed by atoms with Crippen molar-refractivity contribution in [2.75, 3.05) is 0 Å². The van der Waals surface area contributed by atoms with Crippen molar-refractivity contribution in [3.8, 4) is 0 Å². The van der Waals surface area contributed by atoms with Crippen molar-refractivity contribution >= 4 is 8.07 Å². The summed E-state index contributed by atoms with van der Waals surface area (Å²) in [6.45, 7) is 12.6. The molecule has 2 unspecified atom stereocenters. The summed E-state index contributed by atoms with van der Waals surface area (Å²) in [5.74, 6) is 0. The fourth-order valence-corrected chi connectivity index (χ4v) is 2.93. The first-order chi connectivity index (χ1) is 4.88. The molecule has 0 rings (SSSR count). The second-order valence-corrected chi connectivity index (χ2v) is 9.77. The molecule has 0 aliphatic heterocycles. The van der Waals surface area contributed by atoms with Crippen molar-refractivity contribution < 1.29 is 5.11 Å². The van der Waals surface area contributed by atoms with E-state index in [4.69, 9.17) is 0 Å². The normalized spacial score (nSPS) is 17.5. The van der Waals surface area contributed by atoms with Gasteiger partial charge in [0, 0.05) is 0 Å². The zero-order chi connectivity index (χ0) is 9.07. The molecule has 66 valence electrons. The van der Waals surface area contributed by atoms with Crippen LogP contribution in [-0.4, -0.2) is 19.3 Å². The Bertz CT molecular complexity index is 124. The summed E-state index contributed by atoms with van der Waals surface area (Å²) < 4.78 is 0. The second kappa shape index (κ2) is 4.07. The molecule has 0 spiro atoms. The highest BCUT2D eigenvalue weighted by Crippen LogP contribution is 2.27. The Hall–Kier alpha value is -0.0831. The highest BCUT2D eigenvalue weighted by atomic mass is 28.3. The van der Waals surface area contributed by atoms with Gasteiger partial charge in [-0.15, -0.1) is 6.58 Å². The number of hydrogen-bond acceptors (Lipinski definition) is 1. The molecule has 0 fully saturated rings. The van der Waals surface area contributed by atoms with E-state index in [0.717, 1.165) is 6.42 Å². The third kappa shape index (κ3) is 4.38. The van der Waals surface area contributed by atoms with Gasteiger partial charge in [0.2, 0.25) is 0 Å². The van der Waals surface area contributed by atoms with Gasteiger partial charge >= 0.3 is 0 Å². The van der Waals surface area contributed by atoms with Crippen molar-refractivity contribution in [1.82, 2.24) is 0 Å². The molecule has 0 saturated heterocycles. The van der Waals surface area contributed by atoms with E-state index in [9.17, 15) is 5.11 Å². The van der Waals surface area contributed by atoms with Crippen molar-refractivity contribution in [2.45, 2.75) is 44.6 Å². The lowest BCUT2D eigenvalue weighted by atomic mass is 10.2. The summed E-state index contributed by atoms with van der Waals surface area (Å²) in [5.41, 5.74) is 0.544. The average molecular weight is 172 g/mol. The van der Waals surface area contributed by atoms with Crippen LogP contribution in [0.3, 0.4) is 0 Å². The zero-order valence-corrected chi connectivity index (χ0v) is 9.09. The molecule has 2 atom stereocenters. The maximum atomic E-state index is 9.19. The van der Waals surface area contributed by atoms with Crippen LogP contribution in [0.5, 0.6) is 0 Å². The number of hydrogen-bond donors (Lipinski definition) is 1. The number of aliphatic hydroxyl groups excluding tert-OH is 1. The summed E-state index contributed by atoms with van der Waals surface area (Å²) in [6.07, 6.45) is 2.68. The summed E-state index contributed by atoms with van der Waals surface area (Å²) in [4.78, 5) is 0. The van der Waals surface area contributed by atoms with Crippen molar-refractivity contribution in [1.29, 1.82) is 0 Å². The smallest absolute Gasteiger partial charge is 0.0515 e. The van der Waals surface area contributed by atoms with Gasteiger partial charge in [-0.05, 0) is 18.9 Å². The standard InChI is InChI=1S/C9H20OSi/c1-6-9(7-8(2)10)11(3,4)5/h6,8-10H,1,7H2,2-5H3. The van der Waals surface area contributed by atoms with E-state index in [2.05, 4.69) is 26.2 Å². The molecule has 0 aliphatic carbocycles. The van der Waals surface area contributed by atoms with Crippen LogP contribution < -0.4 is 0 Å². The molecule has 0 aromatic heterocycles. The molecule has 0 aliphatic rings. The SMILES string of the molecule is C=CC(CC(C)O)[Si](C)(C)C. The number of rotatable bonds is 4. The van der Waals surface area contributed by atoms with Gasteiger partial charge in [-0.25, -0.2) is 0 Å². The minimum atomic E-state index is -1.13. The third-order valence-corrected chi connectivity index (χ3v) is 4.69. The largest absolute Gasteiger partial charge is 0.393 e. The minimum Gasteiger partial charge on any atom is -0.393 e. The monoisotopic (exact) mass is 172 g/mol. The van der Waals surface area contributed by atoms with Crippen LogP contribution in [-0.2, 0) is 0 Å². The van der Waals surface area contributed by atoms with Gasteiger partial charge in [0.25, 0.3) is 0 Å². The van der Waals surface area contributed by atoms with Crippen LogP contribution in [0.15, 0.2) is 12.7 Å². The van der Waals surface area contributed by atoms with Crippen molar-refractivity contribution in [2.24, 2.45) is 0 Å². The number of aliphatic hydroxyl groups is 1. The van der Waals surface area contributed by atoms with Gasteiger partial charge in [0.05, 0.1) is 14.2 Å². The summed E-state index contributed by atoms with van der Waals surface area (Å²) in [6, 6.07) is 0.